The number of sulfone groups is 1. The summed E-state index contributed by atoms with van der Waals surface area (Å²) in [6, 6.07) is 19.1. The van der Waals surface area contributed by atoms with Crippen molar-refractivity contribution < 1.29 is 17.9 Å². The Morgan fingerprint density at radius 3 is 2.42 bits per heavy atom. The number of nitrogens with one attached hydrogen (secondary N) is 2. The van der Waals surface area contributed by atoms with E-state index in [4.69, 9.17) is 10.1 Å². The summed E-state index contributed by atoms with van der Waals surface area (Å²) in [5.41, 5.74) is 3.14. The van der Waals surface area contributed by atoms with Crippen LogP contribution in [0.2, 0.25) is 0 Å². The van der Waals surface area contributed by atoms with Crippen molar-refractivity contribution >= 4 is 54.3 Å². The molecule has 2 heterocycles. The van der Waals surface area contributed by atoms with Gasteiger partial charge in [0.15, 0.2) is 15.0 Å². The van der Waals surface area contributed by atoms with Gasteiger partial charge in [-0.2, -0.15) is 0 Å². The Hall–Kier alpha value is -3.80. The average Bonchev–Trinajstić information content (AvgIpc) is 3.38. The molecule has 0 saturated carbocycles. The Morgan fingerprint density at radius 2 is 1.77 bits per heavy atom. The number of anilines is 2. The Labute approximate surface area is 237 Å². The first kappa shape index (κ1) is 27.8. The molecule has 4 aromatic rings. The van der Waals surface area contributed by atoms with Crippen LogP contribution in [0.3, 0.4) is 0 Å². The minimum absolute atomic E-state index is 0.0136. The molecule has 1 aliphatic rings. The number of hydrogen-bond acceptors (Lipinski definition) is 9. The highest BCUT2D eigenvalue weighted by Crippen LogP contribution is 2.32. The van der Waals surface area contributed by atoms with Gasteiger partial charge in [0, 0.05) is 43.6 Å². The third-order valence-electron chi connectivity index (χ3n) is 6.93. The van der Waals surface area contributed by atoms with Crippen molar-refractivity contribution in [3.63, 3.8) is 0 Å². The highest BCUT2D eigenvalue weighted by Gasteiger charge is 2.25. The largest absolute Gasteiger partial charge is 0.476 e. The lowest BCUT2D eigenvalue weighted by Crippen LogP contribution is -2.44. The summed E-state index contributed by atoms with van der Waals surface area (Å²) in [6.07, 6.45) is 0.167. The van der Waals surface area contributed by atoms with E-state index >= 15 is 0 Å². The lowest BCUT2D eigenvalue weighted by atomic mass is 10.1. The average molecular weight is 578 g/mol. The maximum absolute atomic E-state index is 13.6. The highest BCUT2D eigenvalue weighted by atomic mass is 32.2. The molecule has 0 spiro atoms. The minimum atomic E-state index is -3.38. The van der Waals surface area contributed by atoms with Crippen LogP contribution in [-0.2, 0) is 14.6 Å². The number of thiazole rings is 1. The van der Waals surface area contributed by atoms with E-state index in [9.17, 15) is 13.2 Å². The van der Waals surface area contributed by atoms with E-state index in [0.29, 0.717) is 22.0 Å². The second kappa shape index (κ2) is 11.7. The monoisotopic (exact) mass is 577 g/mol. The van der Waals surface area contributed by atoms with Gasteiger partial charge in [-0.05, 0) is 67.2 Å². The van der Waals surface area contributed by atoms with Gasteiger partial charge in [0.2, 0.25) is 6.10 Å². The van der Waals surface area contributed by atoms with Crippen LogP contribution in [0.25, 0.3) is 10.2 Å². The van der Waals surface area contributed by atoms with Crippen LogP contribution >= 0.6 is 11.3 Å². The molecule has 1 aliphatic heterocycles. The van der Waals surface area contributed by atoms with Crippen molar-refractivity contribution in [3.05, 3.63) is 77.9 Å². The van der Waals surface area contributed by atoms with E-state index in [1.165, 1.54) is 29.7 Å². The molecular weight excluding hydrogens is 546 g/mol. The number of rotatable bonds is 9. The minimum Gasteiger partial charge on any atom is -0.476 e. The fraction of sp³-hybridized carbons (Fsp3) is 0.276. The molecule has 3 aromatic carbocycles. The zero-order valence-electron chi connectivity index (χ0n) is 22.3. The molecule has 1 atom stereocenters. The van der Waals surface area contributed by atoms with E-state index in [2.05, 4.69) is 39.3 Å². The second-order valence-electron chi connectivity index (χ2n) is 9.63. The summed E-state index contributed by atoms with van der Waals surface area (Å²) in [7, 11) is -1.25. The number of nitrogens with zero attached hydrogens (tertiary/aromatic N) is 3. The second-order valence-corrected chi connectivity index (χ2v) is 12.9. The molecule has 1 fully saturated rings. The normalized spacial score (nSPS) is 15.1. The number of amides is 1. The van der Waals surface area contributed by atoms with E-state index in [1.807, 2.05) is 6.07 Å². The number of carbonyl (C=O) groups excluding carboxylic acids is 1. The van der Waals surface area contributed by atoms with Crippen molar-refractivity contribution in [1.29, 1.82) is 5.41 Å². The van der Waals surface area contributed by atoms with Crippen molar-refractivity contribution in [2.24, 2.45) is 0 Å². The third kappa shape index (κ3) is 6.16. The van der Waals surface area contributed by atoms with Gasteiger partial charge >= 0.3 is 0 Å². The molecule has 1 aromatic heterocycles. The van der Waals surface area contributed by atoms with Crippen molar-refractivity contribution in [1.82, 2.24) is 9.88 Å². The van der Waals surface area contributed by atoms with Crippen molar-refractivity contribution in [2.45, 2.75) is 17.9 Å². The van der Waals surface area contributed by atoms with Crippen molar-refractivity contribution in [2.75, 3.05) is 49.2 Å². The topological polar surface area (TPSA) is 116 Å². The molecule has 2 N–H and O–H groups in total. The molecular formula is C29H31N5O4S2. The summed E-state index contributed by atoms with van der Waals surface area (Å²) in [6.45, 7) is 5.54. The van der Waals surface area contributed by atoms with Crippen LogP contribution in [-0.4, -0.2) is 69.4 Å². The highest BCUT2D eigenvalue weighted by molar-refractivity contribution is 7.91. The van der Waals surface area contributed by atoms with Gasteiger partial charge in [-0.15, -0.1) is 0 Å². The molecule has 0 radical (unpaired) electrons. The van der Waals surface area contributed by atoms with Gasteiger partial charge in [-0.3, -0.25) is 10.1 Å². The van der Waals surface area contributed by atoms with E-state index in [1.54, 1.807) is 43.3 Å². The number of aromatic nitrogens is 1. The molecule has 9 nitrogen and oxygen atoms in total. The zero-order valence-corrected chi connectivity index (χ0v) is 24.0. The van der Waals surface area contributed by atoms with Gasteiger partial charge in [0.05, 0.1) is 20.9 Å². The van der Waals surface area contributed by atoms with Gasteiger partial charge in [0.1, 0.15) is 5.75 Å². The molecule has 5 rings (SSSR count). The molecule has 1 saturated heterocycles. The molecule has 1 amide bonds. The Bertz CT molecular complexity index is 1610. The Balaban J connectivity index is 1.39. The smallest absolute Gasteiger partial charge is 0.271 e. The summed E-state index contributed by atoms with van der Waals surface area (Å²) in [5.74, 6) is -0.00187. The molecule has 0 bridgehead atoms. The zero-order chi connectivity index (χ0) is 28.3. The van der Waals surface area contributed by atoms with Gasteiger partial charge in [-0.1, -0.05) is 30.4 Å². The number of ether oxygens (including phenoxy) is 1. The van der Waals surface area contributed by atoms with Crippen molar-refractivity contribution in [3.8, 4) is 5.75 Å². The lowest BCUT2D eigenvalue weighted by molar-refractivity contribution is -0.123. The first-order valence-corrected chi connectivity index (χ1v) is 15.5. The van der Waals surface area contributed by atoms with Crippen LogP contribution in [0.4, 0.5) is 10.8 Å². The quantitative estimate of drug-likeness (QED) is 0.280. The SMILES string of the molecule is CCS(=O)(=O)c1ccc(C(Oc2ccc(C=N)cc2)C(=O)Nc2nc3ccc(N4CCN(C)CC4)cc3s2)cc1. The van der Waals surface area contributed by atoms with E-state index in [-0.39, 0.29) is 10.6 Å². The van der Waals surface area contributed by atoms with Crippen LogP contribution in [0, 0.1) is 5.41 Å². The number of piperazine rings is 1. The number of likely N-dealkylation sites (N-methyl/N-ethyl adjacent to an activating group) is 1. The lowest BCUT2D eigenvalue weighted by Gasteiger charge is -2.34. The Kier molecular flexibility index (Phi) is 8.15. The first-order chi connectivity index (χ1) is 19.3. The first-order valence-electron chi connectivity index (χ1n) is 13.0. The van der Waals surface area contributed by atoms with Crippen LogP contribution < -0.4 is 15.0 Å². The predicted molar refractivity (Wildman–Crippen MR) is 160 cm³/mol. The molecule has 40 heavy (non-hydrogen) atoms. The Morgan fingerprint density at radius 1 is 1.07 bits per heavy atom. The molecule has 0 aliphatic carbocycles. The summed E-state index contributed by atoms with van der Waals surface area (Å²) in [4.78, 5) is 23.0. The van der Waals surface area contributed by atoms with Gasteiger partial charge in [0.25, 0.3) is 5.91 Å². The van der Waals surface area contributed by atoms with Gasteiger partial charge in [-0.25, -0.2) is 13.4 Å². The maximum Gasteiger partial charge on any atom is 0.271 e. The predicted octanol–water partition coefficient (Wildman–Crippen LogP) is 4.60. The number of fused-ring (bicyclic) bond motifs is 1. The van der Waals surface area contributed by atoms with Crippen LogP contribution in [0.1, 0.15) is 24.2 Å². The summed E-state index contributed by atoms with van der Waals surface area (Å²) >= 11 is 1.40. The third-order valence-corrected chi connectivity index (χ3v) is 9.62. The van der Waals surface area contributed by atoms with Crippen LogP contribution in [0.15, 0.2) is 71.6 Å². The maximum atomic E-state index is 13.6. The number of hydrogen-bond donors (Lipinski definition) is 2. The van der Waals surface area contributed by atoms with Gasteiger partial charge < -0.3 is 19.9 Å². The number of carbonyl (C=O) groups is 1. The fourth-order valence-electron chi connectivity index (χ4n) is 4.47. The molecule has 208 valence electrons. The van der Waals surface area contributed by atoms with E-state index < -0.39 is 21.8 Å². The summed E-state index contributed by atoms with van der Waals surface area (Å²) < 4.78 is 31.7. The van der Waals surface area contributed by atoms with Crippen LogP contribution in [0.5, 0.6) is 5.75 Å². The molecule has 1 unspecified atom stereocenters. The standard InChI is InChI=1S/C29H31N5O4S2/c1-3-40(36,37)24-11-6-21(7-12-24)27(38-23-9-4-20(19-30)5-10-23)28(35)32-29-31-25-13-8-22(18-26(25)39-29)34-16-14-33(2)15-17-34/h4-13,18-19,27,30H,3,14-17H2,1-2H3,(H,31,32,35). The van der Waals surface area contributed by atoms with E-state index in [0.717, 1.165) is 42.1 Å². The fourth-order valence-corrected chi connectivity index (χ4v) is 6.25. The summed E-state index contributed by atoms with van der Waals surface area (Å²) in [5, 5.41) is 10.8. The molecule has 11 heteroatoms. The number of benzene rings is 3.